The maximum atomic E-state index is 13.1. The third-order valence-corrected chi connectivity index (χ3v) is 5.61. The van der Waals surface area contributed by atoms with Crippen molar-refractivity contribution in [1.29, 1.82) is 0 Å². The summed E-state index contributed by atoms with van der Waals surface area (Å²) >= 11 is 5.96. The SMILES string of the molecule is CCCCCn1c(=O)n(CCN(CCc2cccc(C)c2)C(=O)O)c(=O)c2[nH]c(Cl)nc21. The van der Waals surface area contributed by atoms with E-state index in [1.54, 1.807) is 0 Å². The van der Waals surface area contributed by atoms with Crippen LogP contribution in [-0.2, 0) is 19.5 Å². The summed E-state index contributed by atoms with van der Waals surface area (Å²) in [5.74, 6) is 0. The molecule has 0 bridgehead atoms. The van der Waals surface area contributed by atoms with Crippen LogP contribution >= 0.6 is 11.6 Å². The van der Waals surface area contributed by atoms with Gasteiger partial charge in [-0.3, -0.25) is 13.9 Å². The number of amides is 1. The molecule has 0 spiro atoms. The lowest BCUT2D eigenvalue weighted by molar-refractivity contribution is 0.143. The molecule has 9 nitrogen and oxygen atoms in total. The number of fused-ring (bicyclic) bond motifs is 1. The molecule has 10 heteroatoms. The van der Waals surface area contributed by atoms with Gasteiger partial charge >= 0.3 is 11.8 Å². The van der Waals surface area contributed by atoms with E-state index in [1.165, 1.54) is 9.47 Å². The summed E-state index contributed by atoms with van der Waals surface area (Å²) in [5, 5.41) is 9.65. The molecular formula is C22H28ClN5O4. The number of carbonyl (C=O) groups is 1. The van der Waals surface area contributed by atoms with Crippen molar-refractivity contribution in [3.05, 3.63) is 61.5 Å². The Morgan fingerprint density at radius 1 is 1.19 bits per heavy atom. The number of nitrogens with one attached hydrogen (secondary N) is 1. The largest absolute Gasteiger partial charge is 0.465 e. The number of unbranched alkanes of at least 4 members (excludes halogenated alkanes) is 2. The number of hydrogen-bond donors (Lipinski definition) is 2. The van der Waals surface area contributed by atoms with Crippen LogP contribution in [0.25, 0.3) is 11.2 Å². The van der Waals surface area contributed by atoms with Crippen LogP contribution in [0.15, 0.2) is 33.9 Å². The molecule has 0 saturated carbocycles. The zero-order chi connectivity index (χ0) is 23.3. The van der Waals surface area contributed by atoms with Crippen LogP contribution in [0.1, 0.15) is 37.3 Å². The molecule has 0 radical (unpaired) electrons. The van der Waals surface area contributed by atoms with Crippen LogP contribution in [0, 0.1) is 6.92 Å². The van der Waals surface area contributed by atoms with Gasteiger partial charge in [0.2, 0.25) is 5.28 Å². The van der Waals surface area contributed by atoms with E-state index in [0.29, 0.717) is 13.0 Å². The van der Waals surface area contributed by atoms with Crippen LogP contribution in [0.3, 0.4) is 0 Å². The van der Waals surface area contributed by atoms with Gasteiger partial charge < -0.3 is 15.0 Å². The molecule has 0 aliphatic carbocycles. The molecule has 172 valence electrons. The van der Waals surface area contributed by atoms with Crippen molar-refractivity contribution in [2.75, 3.05) is 13.1 Å². The molecule has 1 aromatic carbocycles. The summed E-state index contributed by atoms with van der Waals surface area (Å²) in [4.78, 5) is 45.8. The summed E-state index contributed by atoms with van der Waals surface area (Å²) in [7, 11) is 0. The molecule has 3 rings (SSSR count). The Kier molecular flexibility index (Phi) is 7.74. The van der Waals surface area contributed by atoms with E-state index in [0.717, 1.165) is 35.0 Å². The van der Waals surface area contributed by atoms with Crippen LogP contribution in [0.5, 0.6) is 0 Å². The van der Waals surface area contributed by atoms with Crippen LogP contribution < -0.4 is 11.2 Å². The fraction of sp³-hybridized carbons (Fsp3) is 0.455. The molecule has 0 atom stereocenters. The van der Waals surface area contributed by atoms with Crippen LogP contribution in [0.2, 0.25) is 5.28 Å². The number of benzene rings is 1. The first-order chi connectivity index (χ1) is 15.3. The summed E-state index contributed by atoms with van der Waals surface area (Å²) in [5.41, 5.74) is 1.44. The number of aryl methyl sites for hydroxylation is 2. The number of H-pyrrole nitrogens is 1. The lowest BCUT2D eigenvalue weighted by Crippen LogP contribution is -2.44. The van der Waals surface area contributed by atoms with Crippen molar-refractivity contribution in [2.24, 2.45) is 0 Å². The number of rotatable bonds is 10. The molecule has 32 heavy (non-hydrogen) atoms. The van der Waals surface area contributed by atoms with Gasteiger partial charge in [-0.1, -0.05) is 49.6 Å². The normalized spacial score (nSPS) is 11.2. The highest BCUT2D eigenvalue weighted by atomic mass is 35.5. The molecule has 0 fully saturated rings. The average Bonchev–Trinajstić information content (AvgIpc) is 3.14. The molecule has 0 saturated heterocycles. The fourth-order valence-corrected chi connectivity index (χ4v) is 3.89. The first-order valence-corrected chi connectivity index (χ1v) is 11.1. The first kappa shape index (κ1) is 23.6. The van der Waals surface area contributed by atoms with Gasteiger partial charge in [0, 0.05) is 26.2 Å². The van der Waals surface area contributed by atoms with Crippen molar-refractivity contribution in [3.8, 4) is 0 Å². The van der Waals surface area contributed by atoms with Gasteiger partial charge in [-0.15, -0.1) is 0 Å². The van der Waals surface area contributed by atoms with E-state index in [4.69, 9.17) is 11.6 Å². The highest BCUT2D eigenvalue weighted by Gasteiger charge is 2.19. The van der Waals surface area contributed by atoms with Crippen molar-refractivity contribution < 1.29 is 9.90 Å². The number of aromatic nitrogens is 4. The Morgan fingerprint density at radius 2 is 1.97 bits per heavy atom. The van der Waals surface area contributed by atoms with Gasteiger partial charge in [-0.05, 0) is 36.9 Å². The minimum atomic E-state index is -1.10. The molecule has 2 aromatic heterocycles. The maximum absolute atomic E-state index is 13.1. The smallest absolute Gasteiger partial charge is 0.407 e. The number of aromatic amines is 1. The number of nitrogens with zero attached hydrogens (tertiary/aromatic N) is 4. The van der Waals surface area contributed by atoms with Gasteiger partial charge in [-0.25, -0.2) is 9.59 Å². The Morgan fingerprint density at radius 3 is 2.66 bits per heavy atom. The van der Waals surface area contributed by atoms with E-state index in [-0.39, 0.29) is 36.1 Å². The number of hydrogen-bond acceptors (Lipinski definition) is 4. The van der Waals surface area contributed by atoms with E-state index in [2.05, 4.69) is 16.9 Å². The van der Waals surface area contributed by atoms with E-state index in [9.17, 15) is 19.5 Å². The van der Waals surface area contributed by atoms with Gasteiger partial charge in [0.15, 0.2) is 11.2 Å². The zero-order valence-electron chi connectivity index (χ0n) is 18.3. The van der Waals surface area contributed by atoms with Gasteiger partial charge in [-0.2, -0.15) is 4.98 Å². The molecule has 0 aliphatic heterocycles. The van der Waals surface area contributed by atoms with E-state index in [1.807, 2.05) is 31.2 Å². The lowest BCUT2D eigenvalue weighted by Gasteiger charge is -2.20. The lowest BCUT2D eigenvalue weighted by atomic mass is 10.1. The molecule has 3 aromatic rings. The second-order valence-corrected chi connectivity index (χ2v) is 8.19. The third-order valence-electron chi connectivity index (χ3n) is 5.43. The zero-order valence-corrected chi connectivity index (χ0v) is 19.1. The molecule has 0 aliphatic rings. The molecule has 1 amide bonds. The maximum Gasteiger partial charge on any atom is 0.407 e. The Labute approximate surface area is 190 Å². The monoisotopic (exact) mass is 461 g/mol. The standard InChI is InChI=1S/C22H28ClN5O4/c1-3-4-5-10-27-18-17(24-20(23)25-18)19(29)28(21(27)30)13-12-26(22(31)32)11-9-16-8-6-7-15(2)14-16/h6-8,14H,3-5,9-13H2,1-2H3,(H,24,25)(H,31,32). The number of carboxylic acid groups (broad SMARTS) is 1. The Bertz CT molecular complexity index is 1210. The molecule has 2 heterocycles. The molecular weight excluding hydrogens is 434 g/mol. The quantitative estimate of drug-likeness (QED) is 0.355. The number of halogens is 1. The summed E-state index contributed by atoms with van der Waals surface area (Å²) in [6, 6.07) is 7.87. The Hall–Kier alpha value is -3.07. The second-order valence-electron chi connectivity index (χ2n) is 7.83. The minimum Gasteiger partial charge on any atom is -0.465 e. The van der Waals surface area contributed by atoms with Gasteiger partial charge in [0.25, 0.3) is 5.56 Å². The highest BCUT2D eigenvalue weighted by Crippen LogP contribution is 2.11. The van der Waals surface area contributed by atoms with Gasteiger partial charge in [0.1, 0.15) is 0 Å². The molecule has 2 N–H and O–H groups in total. The predicted molar refractivity (Wildman–Crippen MR) is 124 cm³/mol. The van der Waals surface area contributed by atoms with Crippen molar-refractivity contribution in [3.63, 3.8) is 0 Å². The third kappa shape index (κ3) is 5.40. The van der Waals surface area contributed by atoms with E-state index >= 15 is 0 Å². The highest BCUT2D eigenvalue weighted by molar-refractivity contribution is 6.28. The average molecular weight is 462 g/mol. The Balaban J connectivity index is 1.83. The second kappa shape index (κ2) is 10.5. The van der Waals surface area contributed by atoms with Crippen LogP contribution in [0.4, 0.5) is 4.79 Å². The van der Waals surface area contributed by atoms with Crippen molar-refractivity contribution >= 4 is 28.9 Å². The topological polar surface area (TPSA) is 113 Å². The molecule has 0 unspecified atom stereocenters. The summed E-state index contributed by atoms with van der Waals surface area (Å²) < 4.78 is 2.50. The van der Waals surface area contributed by atoms with E-state index < -0.39 is 17.3 Å². The summed E-state index contributed by atoms with van der Waals surface area (Å²) in [6.45, 7) is 4.66. The minimum absolute atomic E-state index is 0.0125. The fourth-order valence-electron chi connectivity index (χ4n) is 3.71. The first-order valence-electron chi connectivity index (χ1n) is 10.7. The van der Waals surface area contributed by atoms with Crippen LogP contribution in [-0.4, -0.2) is 48.3 Å². The number of imidazole rings is 1. The summed E-state index contributed by atoms with van der Waals surface area (Å²) in [6.07, 6.45) is 2.11. The van der Waals surface area contributed by atoms with Gasteiger partial charge in [0.05, 0.1) is 0 Å². The van der Waals surface area contributed by atoms with Crippen molar-refractivity contribution in [2.45, 2.75) is 52.6 Å². The predicted octanol–water partition coefficient (Wildman–Crippen LogP) is 3.26. The van der Waals surface area contributed by atoms with Crippen molar-refractivity contribution in [1.82, 2.24) is 24.0 Å².